The molecular formula is C146H112. The van der Waals surface area contributed by atoms with Gasteiger partial charge in [-0.3, -0.25) is 0 Å². The van der Waals surface area contributed by atoms with Crippen molar-refractivity contribution < 1.29 is 0 Å². The predicted octanol–water partition coefficient (Wildman–Crippen LogP) is 40.3. The van der Waals surface area contributed by atoms with Gasteiger partial charge in [0.1, 0.15) is 0 Å². The summed E-state index contributed by atoms with van der Waals surface area (Å²) in [5.74, 6) is 0.510. The van der Waals surface area contributed by atoms with E-state index in [4.69, 9.17) is 0 Å². The van der Waals surface area contributed by atoms with Crippen molar-refractivity contribution in [3.63, 3.8) is 0 Å². The smallest absolute Gasteiger partial charge is 0.0204 e. The average Bonchev–Trinajstić information content (AvgIpc) is 0.980. The van der Waals surface area contributed by atoms with Gasteiger partial charge in [-0.25, -0.2) is 0 Å². The summed E-state index contributed by atoms with van der Waals surface area (Å²) in [4.78, 5) is 0. The molecule has 0 nitrogen and oxygen atoms in total. The maximum Gasteiger partial charge on any atom is 0.0204 e. The topological polar surface area (TPSA) is 0 Å². The van der Waals surface area contributed by atoms with E-state index in [9.17, 15) is 0 Å². The normalized spacial score (nSPS) is 11.9. The van der Waals surface area contributed by atoms with Gasteiger partial charge in [0.25, 0.3) is 0 Å². The Kier molecular flexibility index (Phi) is 31.4. The van der Waals surface area contributed by atoms with Crippen molar-refractivity contribution in [2.45, 2.75) is 25.2 Å². The van der Waals surface area contributed by atoms with E-state index in [1.807, 2.05) is 36.4 Å². The van der Waals surface area contributed by atoms with Crippen LogP contribution in [0, 0.1) is 0 Å². The zero-order valence-electron chi connectivity index (χ0n) is 81.8. The molecule has 0 aliphatic heterocycles. The van der Waals surface area contributed by atoms with Crippen molar-refractivity contribution in [1.29, 1.82) is 0 Å². The van der Waals surface area contributed by atoms with Gasteiger partial charge in [0.2, 0.25) is 0 Å². The zero-order valence-corrected chi connectivity index (χ0v) is 81.8. The van der Waals surface area contributed by atoms with Crippen molar-refractivity contribution >= 4 is 93.1 Å². The van der Waals surface area contributed by atoms with Gasteiger partial charge in [-0.05, 0) is 283 Å². The summed E-state index contributed by atoms with van der Waals surface area (Å²) in [7, 11) is 0. The van der Waals surface area contributed by atoms with E-state index in [1.165, 1.54) is 203 Å². The first-order chi connectivity index (χ1) is 72.4. The van der Waals surface area contributed by atoms with E-state index in [0.717, 1.165) is 19.3 Å². The molecule has 0 N–H and O–H groups in total. The van der Waals surface area contributed by atoms with Crippen LogP contribution in [0.4, 0.5) is 0 Å². The van der Waals surface area contributed by atoms with Crippen molar-refractivity contribution in [2.24, 2.45) is 0 Å². The first-order valence-electron chi connectivity index (χ1n) is 50.6. The molecule has 4 aliphatic carbocycles. The molecule has 0 aromatic heterocycles. The van der Waals surface area contributed by atoms with Crippen molar-refractivity contribution in [1.82, 2.24) is 0 Å². The lowest BCUT2D eigenvalue weighted by atomic mass is 9.96. The van der Waals surface area contributed by atoms with Gasteiger partial charge in [-0.15, -0.1) is 0 Å². The minimum absolute atomic E-state index is 0.510. The highest BCUT2D eigenvalue weighted by Crippen LogP contribution is 2.37. The van der Waals surface area contributed by atoms with Crippen molar-refractivity contribution in [3.05, 3.63) is 658 Å². The Bertz CT molecular complexity index is 8540. The second-order valence-corrected chi connectivity index (χ2v) is 36.7. The third-order valence-corrected chi connectivity index (χ3v) is 27.1. The fraction of sp³-hybridized carbons (Fsp3) is 0.0274. The molecular weight excluding hydrogens is 1750 g/mol. The van der Waals surface area contributed by atoms with Crippen LogP contribution in [0.3, 0.4) is 0 Å². The summed E-state index contributed by atoms with van der Waals surface area (Å²) >= 11 is 0. The minimum atomic E-state index is 0.510. The molecule has 0 unspecified atom stereocenters. The average molecular weight is 1870 g/mol. The van der Waals surface area contributed by atoms with E-state index in [-0.39, 0.29) is 0 Å². The van der Waals surface area contributed by atoms with Gasteiger partial charge in [0, 0.05) is 5.92 Å². The molecule has 4 aliphatic rings. The molecule has 24 aromatic carbocycles. The van der Waals surface area contributed by atoms with Gasteiger partial charge in [-0.2, -0.15) is 0 Å². The third kappa shape index (κ3) is 24.7. The van der Waals surface area contributed by atoms with E-state index >= 15 is 0 Å². The second kappa shape index (κ2) is 48.1. The lowest BCUT2D eigenvalue weighted by Gasteiger charge is -2.08. The van der Waals surface area contributed by atoms with Gasteiger partial charge in [0.15, 0.2) is 0 Å². The van der Waals surface area contributed by atoms with Crippen LogP contribution in [0.25, 0.3) is 182 Å². The highest BCUT2D eigenvalue weighted by molar-refractivity contribution is 6.02. The molecule has 0 saturated heterocycles. The van der Waals surface area contributed by atoms with Crippen LogP contribution in [0.5, 0.6) is 0 Å². The van der Waals surface area contributed by atoms with E-state index in [1.54, 1.807) is 0 Å². The Balaban J connectivity index is 0.000000101. The Morgan fingerprint density at radius 3 is 0.801 bits per heavy atom. The van der Waals surface area contributed by atoms with Crippen LogP contribution >= 0.6 is 0 Å². The Labute approximate surface area is 859 Å². The number of fused-ring (bicyclic) bond motifs is 9. The summed E-state index contributed by atoms with van der Waals surface area (Å²) in [5.41, 5.74) is 30.2. The molecule has 0 atom stereocenters. The maximum atomic E-state index is 2.31. The van der Waals surface area contributed by atoms with Crippen molar-refractivity contribution in [3.8, 4) is 89.0 Å². The van der Waals surface area contributed by atoms with Gasteiger partial charge in [0.05, 0.1) is 0 Å². The molecule has 24 aromatic rings. The second-order valence-electron chi connectivity index (χ2n) is 36.7. The number of hydrogen-bond donors (Lipinski definition) is 0. The molecule has 0 fully saturated rings. The van der Waals surface area contributed by atoms with Crippen LogP contribution in [0.2, 0.25) is 0 Å². The Hall–Kier alpha value is -18.5. The highest BCUT2D eigenvalue weighted by atomic mass is 14.2. The lowest BCUT2D eigenvalue weighted by Crippen LogP contribution is -1.86. The first kappa shape index (κ1) is 95.1. The molecule has 0 spiro atoms. The van der Waals surface area contributed by atoms with Gasteiger partial charge < -0.3 is 0 Å². The molecule has 146 heavy (non-hydrogen) atoms. The summed E-state index contributed by atoms with van der Waals surface area (Å²) in [6.45, 7) is 0. The van der Waals surface area contributed by atoms with Crippen LogP contribution in [0.15, 0.2) is 625 Å². The summed E-state index contributed by atoms with van der Waals surface area (Å²) < 4.78 is 0. The molecule has 696 valence electrons. The highest BCUT2D eigenvalue weighted by Gasteiger charge is 2.13. The Morgan fingerprint density at radius 2 is 0.411 bits per heavy atom. The minimum Gasteiger partial charge on any atom is -0.0801 e. The van der Waals surface area contributed by atoms with Gasteiger partial charge in [-0.1, -0.05) is 576 Å². The quantitative estimate of drug-likeness (QED) is 0.120. The molecule has 0 heteroatoms. The largest absolute Gasteiger partial charge is 0.0801 e. The van der Waals surface area contributed by atoms with E-state index < -0.39 is 0 Å². The standard InChI is InChI=1S/C23H16.C20H14.C18H14.2C16H12.2C15H12.C12H10.C11H10/c1-2-5-19-14-23-15-21(10-11-22(23)13-18(19)4-1)20-9-8-16-6-3-7-17(16)12-20;1-2-6-15(7-3-1)18-10-11-19-12-16-8-4-5-9-17(16)13-20(19)14-18;1-3-7-15(8-4-1)17-11-13-18(14-12-17)16-9-5-2-6-10-16;1-2-7-13(8-3-1)16-12-6-10-14-9-4-5-11-15(14)16;1-2-6-13(7-3-1)16-11-10-14-8-4-5-9-15(14)12-16;1-2-6-12(5-1)15-10-9-13-7-3-4-8-14(13)11-15;1-2-5-12(6-3-1)15-10-9-13-7-4-8-14(13)11-15;1-3-7-11(8-4-1)12-9-5-2-6-10-12;1-2-6-10(7-3-1)11-8-4-5-9-11/h1-5,7-15H,6H2;1-14H;1-14H;2*1-12H;1-5,7-11H,6H2;1-6,8-11H,7H2;1-10H;1-9,11H. The lowest BCUT2D eigenvalue weighted by molar-refractivity contribution is 1.10. The first-order valence-corrected chi connectivity index (χ1v) is 50.6. The molecule has 0 heterocycles. The third-order valence-electron chi connectivity index (χ3n) is 27.1. The molecule has 0 bridgehead atoms. The van der Waals surface area contributed by atoms with E-state index in [2.05, 4.69) is 601 Å². The van der Waals surface area contributed by atoms with Crippen LogP contribution in [-0.2, 0) is 12.8 Å². The SMILES string of the molecule is C1=CC(c2ccccc2)C=C1.C1=CCC(c2ccc3ccccc3c2)=C1.C1=Cc2cc(-c3ccc4cc5ccccc5cc4c3)ccc2C1.C1=Cc2cc(-c3ccccc3)ccc2C1.c1ccc(-c2ccc(-c3ccccc3)cc2)cc1.c1ccc(-c2ccc3cc4ccccc4cc3c2)cc1.c1ccc(-c2ccc3ccccc3c2)cc1.c1ccc(-c2cccc3ccccc23)cc1.c1ccc(-c2ccccc2)cc1. The summed E-state index contributed by atoms with van der Waals surface area (Å²) in [6, 6.07) is 201. The summed E-state index contributed by atoms with van der Waals surface area (Å²) in [5, 5.41) is 18.2. The monoisotopic (exact) mass is 1860 g/mol. The summed E-state index contributed by atoms with van der Waals surface area (Å²) in [6.07, 6.45) is 27.2. The number of allylic oxidation sites excluding steroid dienone is 10. The predicted molar refractivity (Wildman–Crippen MR) is 632 cm³/mol. The van der Waals surface area contributed by atoms with Crippen molar-refractivity contribution in [2.75, 3.05) is 0 Å². The Morgan fingerprint density at radius 1 is 0.151 bits per heavy atom. The van der Waals surface area contributed by atoms with Crippen LogP contribution < -0.4 is 0 Å². The maximum absolute atomic E-state index is 2.31. The number of hydrogen-bond acceptors (Lipinski definition) is 0. The molecule has 0 saturated carbocycles. The van der Waals surface area contributed by atoms with E-state index in [0.29, 0.717) is 5.92 Å². The zero-order chi connectivity index (χ0) is 98.3. The van der Waals surface area contributed by atoms with Crippen LogP contribution in [-0.4, -0.2) is 0 Å². The van der Waals surface area contributed by atoms with Crippen LogP contribution in [0.1, 0.15) is 45.7 Å². The number of benzene rings is 24. The molecule has 28 rings (SSSR count). The molecule has 0 radical (unpaired) electrons. The van der Waals surface area contributed by atoms with Gasteiger partial charge >= 0.3 is 0 Å². The fourth-order valence-electron chi connectivity index (χ4n) is 19.2. The fourth-order valence-corrected chi connectivity index (χ4v) is 19.2. The number of rotatable bonds is 10. The molecule has 0 amide bonds.